The predicted octanol–water partition coefficient (Wildman–Crippen LogP) is 3.58. The summed E-state index contributed by atoms with van der Waals surface area (Å²) in [6.45, 7) is 0.519. The maximum absolute atomic E-state index is 11.4. The number of furan rings is 1. The molecule has 2 aromatic carbocycles. The number of amides is 2. The highest BCUT2D eigenvalue weighted by Crippen LogP contribution is 2.35. The highest BCUT2D eigenvalue weighted by atomic mass is 16.5. The number of fused-ring (bicyclic) bond motifs is 1. The lowest BCUT2D eigenvalue weighted by atomic mass is 10.0. The smallest absolute Gasteiger partial charge is 0.314 e. The van der Waals surface area contributed by atoms with Gasteiger partial charge in [-0.05, 0) is 24.6 Å². The molecule has 0 unspecified atom stereocenters. The third kappa shape index (κ3) is 3.20. The van der Waals surface area contributed by atoms with Crippen LogP contribution in [0.3, 0.4) is 0 Å². The molecule has 3 aromatic rings. The summed E-state index contributed by atoms with van der Waals surface area (Å²) in [6.07, 6.45) is 0.664. The van der Waals surface area contributed by atoms with Gasteiger partial charge in [0.15, 0.2) is 0 Å². The molecule has 5 heteroatoms. The van der Waals surface area contributed by atoms with Crippen molar-refractivity contribution in [1.82, 2.24) is 10.6 Å². The molecule has 0 saturated carbocycles. The number of carbonyl (C=O) groups excluding carboxylic acids is 1. The third-order valence-electron chi connectivity index (χ3n) is 3.92. The van der Waals surface area contributed by atoms with Crippen LogP contribution < -0.4 is 15.4 Å². The molecule has 0 atom stereocenters. The van der Waals surface area contributed by atoms with Gasteiger partial charge in [-0.2, -0.15) is 0 Å². The zero-order chi connectivity index (χ0) is 16.9. The first-order valence-corrected chi connectivity index (χ1v) is 7.83. The molecule has 24 heavy (non-hydrogen) atoms. The topological polar surface area (TPSA) is 63.5 Å². The van der Waals surface area contributed by atoms with E-state index < -0.39 is 0 Å². The van der Waals surface area contributed by atoms with Gasteiger partial charge in [0.05, 0.1) is 7.11 Å². The van der Waals surface area contributed by atoms with Crippen LogP contribution in [0, 0.1) is 0 Å². The number of hydrogen-bond acceptors (Lipinski definition) is 3. The maximum atomic E-state index is 11.4. The van der Waals surface area contributed by atoms with Crippen molar-refractivity contribution in [2.75, 3.05) is 20.7 Å². The summed E-state index contributed by atoms with van der Waals surface area (Å²) in [7, 11) is 3.25. The number of ether oxygens (including phenoxy) is 1. The van der Waals surface area contributed by atoms with Crippen LogP contribution in [0.1, 0.15) is 5.56 Å². The van der Waals surface area contributed by atoms with Gasteiger partial charge in [0.1, 0.15) is 17.1 Å². The van der Waals surface area contributed by atoms with Gasteiger partial charge in [-0.25, -0.2) is 4.79 Å². The van der Waals surface area contributed by atoms with E-state index in [9.17, 15) is 4.79 Å². The Kier molecular flexibility index (Phi) is 4.70. The second kappa shape index (κ2) is 7.08. The number of urea groups is 1. The van der Waals surface area contributed by atoms with Crippen LogP contribution in [0.25, 0.3) is 22.3 Å². The molecule has 2 amide bonds. The summed E-state index contributed by atoms with van der Waals surface area (Å²) in [5.41, 5.74) is 2.89. The third-order valence-corrected chi connectivity index (χ3v) is 3.92. The van der Waals surface area contributed by atoms with E-state index in [1.165, 1.54) is 0 Å². The average molecular weight is 324 g/mol. The molecule has 0 radical (unpaired) electrons. The van der Waals surface area contributed by atoms with Gasteiger partial charge in [-0.3, -0.25) is 0 Å². The fourth-order valence-electron chi connectivity index (χ4n) is 2.72. The number of methoxy groups -OCH3 is 1. The second-order valence-corrected chi connectivity index (χ2v) is 5.39. The maximum Gasteiger partial charge on any atom is 0.314 e. The SMILES string of the molecule is CNC(=O)NCCc1c(-c2ccccc2)oc2ccc(OC)cc12. The van der Waals surface area contributed by atoms with Gasteiger partial charge in [0, 0.05) is 30.1 Å². The zero-order valence-corrected chi connectivity index (χ0v) is 13.8. The van der Waals surface area contributed by atoms with Crippen LogP contribution in [0.4, 0.5) is 4.79 Å². The molecule has 3 rings (SSSR count). The minimum absolute atomic E-state index is 0.193. The normalized spacial score (nSPS) is 10.6. The molecule has 0 aliphatic carbocycles. The van der Waals surface area contributed by atoms with Crippen molar-refractivity contribution >= 4 is 17.0 Å². The van der Waals surface area contributed by atoms with Crippen LogP contribution in [0.15, 0.2) is 52.9 Å². The van der Waals surface area contributed by atoms with Crippen molar-refractivity contribution in [3.8, 4) is 17.1 Å². The van der Waals surface area contributed by atoms with Crippen LogP contribution >= 0.6 is 0 Å². The molecule has 0 spiro atoms. The van der Waals surface area contributed by atoms with E-state index in [-0.39, 0.29) is 6.03 Å². The van der Waals surface area contributed by atoms with E-state index in [0.717, 1.165) is 33.6 Å². The van der Waals surface area contributed by atoms with Crippen molar-refractivity contribution in [2.45, 2.75) is 6.42 Å². The molecule has 1 heterocycles. The Labute approximate surface area is 140 Å². The fraction of sp³-hybridized carbons (Fsp3) is 0.211. The molecule has 2 N–H and O–H groups in total. The molecular formula is C19H20N2O3. The molecule has 124 valence electrons. The first-order chi connectivity index (χ1) is 11.7. The molecule has 0 aliphatic heterocycles. The summed E-state index contributed by atoms with van der Waals surface area (Å²) in [5, 5.41) is 6.38. The Bertz CT molecular complexity index is 840. The average Bonchev–Trinajstić information content (AvgIpc) is 3.00. The minimum Gasteiger partial charge on any atom is -0.497 e. The van der Waals surface area contributed by atoms with Gasteiger partial charge in [0.25, 0.3) is 0 Å². The summed E-state index contributed by atoms with van der Waals surface area (Å²) in [4.78, 5) is 11.4. The first-order valence-electron chi connectivity index (χ1n) is 7.83. The van der Waals surface area contributed by atoms with Crippen molar-refractivity contribution in [3.63, 3.8) is 0 Å². The van der Waals surface area contributed by atoms with E-state index >= 15 is 0 Å². The Hall–Kier alpha value is -2.95. The highest BCUT2D eigenvalue weighted by molar-refractivity contribution is 5.89. The number of benzene rings is 2. The fourth-order valence-corrected chi connectivity index (χ4v) is 2.72. The standard InChI is InChI=1S/C19H20N2O3/c1-20-19(22)21-11-10-15-16-12-14(23-2)8-9-17(16)24-18(15)13-6-4-3-5-7-13/h3-9,12H,10-11H2,1-2H3,(H2,20,21,22). The Morgan fingerprint density at radius 1 is 1.17 bits per heavy atom. The molecule has 0 aliphatic rings. The predicted molar refractivity (Wildman–Crippen MR) is 94.4 cm³/mol. The summed E-state index contributed by atoms with van der Waals surface area (Å²) < 4.78 is 11.4. The molecular weight excluding hydrogens is 304 g/mol. The summed E-state index contributed by atoms with van der Waals surface area (Å²) in [6, 6.07) is 15.5. The van der Waals surface area contributed by atoms with E-state index in [1.807, 2.05) is 48.5 Å². The minimum atomic E-state index is -0.193. The number of nitrogens with one attached hydrogen (secondary N) is 2. The highest BCUT2D eigenvalue weighted by Gasteiger charge is 2.16. The van der Waals surface area contributed by atoms with Crippen LogP contribution in [0.2, 0.25) is 0 Å². The molecule has 1 aromatic heterocycles. The van der Waals surface area contributed by atoms with E-state index in [4.69, 9.17) is 9.15 Å². The Balaban J connectivity index is 2.02. The van der Waals surface area contributed by atoms with E-state index in [1.54, 1.807) is 14.2 Å². The van der Waals surface area contributed by atoms with Gasteiger partial charge in [-0.1, -0.05) is 30.3 Å². The lowest BCUT2D eigenvalue weighted by Gasteiger charge is -2.06. The lowest BCUT2D eigenvalue weighted by molar-refractivity contribution is 0.243. The Morgan fingerprint density at radius 2 is 1.96 bits per heavy atom. The molecule has 0 saturated heterocycles. The van der Waals surface area contributed by atoms with Crippen molar-refractivity contribution in [3.05, 3.63) is 54.1 Å². The summed E-state index contributed by atoms with van der Waals surface area (Å²) in [5.74, 6) is 1.61. The number of hydrogen-bond donors (Lipinski definition) is 2. The van der Waals surface area contributed by atoms with Crippen molar-refractivity contribution < 1.29 is 13.9 Å². The number of carbonyl (C=O) groups is 1. The van der Waals surface area contributed by atoms with Gasteiger partial charge < -0.3 is 19.8 Å². The molecule has 5 nitrogen and oxygen atoms in total. The zero-order valence-electron chi connectivity index (χ0n) is 13.8. The van der Waals surface area contributed by atoms with Gasteiger partial charge >= 0.3 is 6.03 Å². The van der Waals surface area contributed by atoms with E-state index in [2.05, 4.69) is 10.6 Å². The monoisotopic (exact) mass is 324 g/mol. The first kappa shape index (κ1) is 15.9. The van der Waals surface area contributed by atoms with Crippen molar-refractivity contribution in [1.29, 1.82) is 0 Å². The summed E-state index contributed by atoms with van der Waals surface area (Å²) >= 11 is 0. The van der Waals surface area contributed by atoms with Gasteiger partial charge in [-0.15, -0.1) is 0 Å². The number of rotatable bonds is 5. The van der Waals surface area contributed by atoms with Crippen LogP contribution in [0.5, 0.6) is 5.75 Å². The van der Waals surface area contributed by atoms with E-state index in [0.29, 0.717) is 13.0 Å². The molecule has 0 bridgehead atoms. The van der Waals surface area contributed by atoms with Crippen LogP contribution in [-0.4, -0.2) is 26.7 Å². The second-order valence-electron chi connectivity index (χ2n) is 5.39. The largest absolute Gasteiger partial charge is 0.497 e. The van der Waals surface area contributed by atoms with Crippen molar-refractivity contribution in [2.24, 2.45) is 0 Å². The van der Waals surface area contributed by atoms with Gasteiger partial charge in [0.2, 0.25) is 0 Å². The quantitative estimate of drug-likeness (QED) is 0.754. The molecule has 0 fully saturated rings. The lowest BCUT2D eigenvalue weighted by Crippen LogP contribution is -2.34. The Morgan fingerprint density at radius 3 is 2.67 bits per heavy atom. The van der Waals surface area contributed by atoms with Crippen LogP contribution in [-0.2, 0) is 6.42 Å².